The molecule has 0 atom stereocenters. The van der Waals surface area contributed by atoms with Gasteiger partial charge in [0.2, 0.25) is 0 Å². The lowest BCUT2D eigenvalue weighted by atomic mass is 10.3. The Kier molecular flexibility index (Phi) is 2.66. The molecule has 0 aliphatic carbocycles. The maximum absolute atomic E-state index is 4.32. The summed E-state index contributed by atoms with van der Waals surface area (Å²) in [7, 11) is 0. The fourth-order valence-electron chi connectivity index (χ4n) is 1.62. The number of hydrogen-bond donors (Lipinski definition) is 1. The Morgan fingerprint density at radius 1 is 1.41 bits per heavy atom. The zero-order valence-corrected chi connectivity index (χ0v) is 9.76. The molecular weight excluding hydrogens is 236 g/mol. The highest BCUT2D eigenvalue weighted by molar-refractivity contribution is 7.09. The molecule has 0 aliphatic rings. The summed E-state index contributed by atoms with van der Waals surface area (Å²) in [5.74, 6) is 1.60. The molecule has 6 nitrogen and oxygen atoms in total. The van der Waals surface area contributed by atoms with Crippen molar-refractivity contribution >= 4 is 11.3 Å². The van der Waals surface area contributed by atoms with Crippen LogP contribution in [-0.2, 0) is 13.0 Å². The van der Waals surface area contributed by atoms with Crippen molar-refractivity contribution in [1.82, 2.24) is 30.2 Å². The van der Waals surface area contributed by atoms with Gasteiger partial charge in [0.15, 0.2) is 5.82 Å². The van der Waals surface area contributed by atoms with E-state index in [1.807, 2.05) is 6.20 Å². The molecular formula is C10H10N6S. The first kappa shape index (κ1) is 10.2. The number of tetrazole rings is 1. The second-order valence-corrected chi connectivity index (χ2v) is 4.59. The van der Waals surface area contributed by atoms with Crippen molar-refractivity contribution in [3.63, 3.8) is 0 Å². The molecule has 3 aromatic heterocycles. The van der Waals surface area contributed by atoms with Crippen molar-refractivity contribution in [2.75, 3.05) is 0 Å². The quantitative estimate of drug-likeness (QED) is 0.748. The van der Waals surface area contributed by atoms with E-state index >= 15 is 0 Å². The van der Waals surface area contributed by atoms with Gasteiger partial charge in [-0.15, -0.1) is 21.5 Å². The van der Waals surface area contributed by atoms with Crippen molar-refractivity contribution in [2.45, 2.75) is 13.0 Å². The van der Waals surface area contributed by atoms with E-state index in [-0.39, 0.29) is 0 Å². The maximum Gasteiger partial charge on any atom is 0.182 e. The molecule has 86 valence electrons. The Hall–Kier alpha value is -2.02. The number of imidazole rings is 1. The first-order chi connectivity index (χ1) is 8.42. The van der Waals surface area contributed by atoms with Crippen LogP contribution in [0.3, 0.4) is 0 Å². The first-order valence-electron chi connectivity index (χ1n) is 5.16. The van der Waals surface area contributed by atoms with Gasteiger partial charge in [-0.05, 0) is 11.4 Å². The predicted molar refractivity (Wildman–Crippen MR) is 62.6 cm³/mol. The van der Waals surface area contributed by atoms with Crippen molar-refractivity contribution in [3.05, 3.63) is 46.4 Å². The SMILES string of the molecule is c1csc(Cn2ccnc2Cc2nn[nH]n2)c1. The zero-order chi connectivity index (χ0) is 11.5. The van der Waals surface area contributed by atoms with Gasteiger partial charge in [-0.25, -0.2) is 4.98 Å². The van der Waals surface area contributed by atoms with Gasteiger partial charge in [-0.3, -0.25) is 0 Å². The zero-order valence-electron chi connectivity index (χ0n) is 8.95. The monoisotopic (exact) mass is 246 g/mol. The molecule has 0 bridgehead atoms. The Labute approximate surface area is 101 Å². The minimum Gasteiger partial charge on any atom is -0.329 e. The Morgan fingerprint density at radius 3 is 3.18 bits per heavy atom. The summed E-state index contributed by atoms with van der Waals surface area (Å²) in [4.78, 5) is 5.62. The standard InChI is InChI=1S/C10H10N6S/c1-2-8(17-5-1)7-16-4-3-11-10(16)6-9-12-14-15-13-9/h1-5H,6-7H2,(H,12,13,14,15). The molecule has 0 spiro atoms. The highest BCUT2D eigenvalue weighted by Crippen LogP contribution is 2.12. The number of aromatic nitrogens is 6. The largest absolute Gasteiger partial charge is 0.329 e. The molecule has 0 fully saturated rings. The molecule has 0 unspecified atom stereocenters. The van der Waals surface area contributed by atoms with Gasteiger partial charge in [0.1, 0.15) is 5.82 Å². The molecule has 0 amide bonds. The summed E-state index contributed by atoms with van der Waals surface area (Å²) in [5.41, 5.74) is 0. The minimum absolute atomic E-state index is 0.592. The minimum atomic E-state index is 0.592. The smallest absolute Gasteiger partial charge is 0.182 e. The number of rotatable bonds is 4. The number of nitrogens with zero attached hydrogens (tertiary/aromatic N) is 5. The molecule has 1 N–H and O–H groups in total. The van der Waals surface area contributed by atoms with Gasteiger partial charge >= 0.3 is 0 Å². The average molecular weight is 246 g/mol. The molecule has 0 saturated carbocycles. The number of hydrogen-bond acceptors (Lipinski definition) is 5. The number of H-pyrrole nitrogens is 1. The fraction of sp³-hybridized carbons (Fsp3) is 0.200. The third kappa shape index (κ3) is 2.23. The second kappa shape index (κ2) is 4.46. The van der Waals surface area contributed by atoms with Gasteiger partial charge in [-0.2, -0.15) is 5.21 Å². The van der Waals surface area contributed by atoms with Crippen LogP contribution in [0.25, 0.3) is 0 Å². The fourth-order valence-corrected chi connectivity index (χ4v) is 2.32. The van der Waals surface area contributed by atoms with Crippen LogP contribution in [0.4, 0.5) is 0 Å². The lowest BCUT2D eigenvalue weighted by Crippen LogP contribution is -2.05. The van der Waals surface area contributed by atoms with Gasteiger partial charge in [0, 0.05) is 17.3 Å². The molecule has 3 heterocycles. The van der Waals surface area contributed by atoms with Crippen molar-refractivity contribution < 1.29 is 0 Å². The lowest BCUT2D eigenvalue weighted by Gasteiger charge is -2.04. The topological polar surface area (TPSA) is 72.3 Å². The highest BCUT2D eigenvalue weighted by atomic mass is 32.1. The highest BCUT2D eigenvalue weighted by Gasteiger charge is 2.07. The van der Waals surface area contributed by atoms with Crippen molar-refractivity contribution in [1.29, 1.82) is 0 Å². The predicted octanol–water partition coefficient (Wildman–Crippen LogP) is 1.10. The van der Waals surface area contributed by atoms with Crippen LogP contribution in [0.2, 0.25) is 0 Å². The van der Waals surface area contributed by atoms with Crippen LogP contribution >= 0.6 is 11.3 Å². The molecule has 7 heteroatoms. The van der Waals surface area contributed by atoms with E-state index < -0.39 is 0 Å². The number of nitrogens with one attached hydrogen (secondary N) is 1. The van der Waals surface area contributed by atoms with Crippen molar-refractivity contribution in [2.24, 2.45) is 0 Å². The average Bonchev–Trinajstić information content (AvgIpc) is 3.04. The summed E-state index contributed by atoms with van der Waals surface area (Å²) >= 11 is 1.74. The van der Waals surface area contributed by atoms with Gasteiger partial charge in [0.25, 0.3) is 0 Å². The van der Waals surface area contributed by atoms with Gasteiger partial charge < -0.3 is 4.57 Å². The third-order valence-electron chi connectivity index (χ3n) is 2.41. The van der Waals surface area contributed by atoms with E-state index in [1.165, 1.54) is 4.88 Å². The van der Waals surface area contributed by atoms with Crippen LogP contribution in [-0.4, -0.2) is 30.2 Å². The summed E-state index contributed by atoms with van der Waals surface area (Å²) in [6.45, 7) is 0.838. The molecule has 0 radical (unpaired) electrons. The van der Waals surface area contributed by atoms with Crippen LogP contribution in [0.5, 0.6) is 0 Å². The summed E-state index contributed by atoms with van der Waals surface area (Å²) < 4.78 is 2.10. The summed E-state index contributed by atoms with van der Waals surface area (Å²) in [6, 6.07) is 4.17. The van der Waals surface area contributed by atoms with Gasteiger partial charge in [0.05, 0.1) is 13.0 Å². The number of thiophene rings is 1. The van der Waals surface area contributed by atoms with E-state index in [0.717, 1.165) is 12.4 Å². The summed E-state index contributed by atoms with van der Waals surface area (Å²) in [5, 5.41) is 15.9. The summed E-state index contributed by atoms with van der Waals surface area (Å²) in [6.07, 6.45) is 4.35. The lowest BCUT2D eigenvalue weighted by molar-refractivity contribution is 0.736. The maximum atomic E-state index is 4.32. The van der Waals surface area contributed by atoms with Crippen molar-refractivity contribution in [3.8, 4) is 0 Å². The Balaban J connectivity index is 1.79. The third-order valence-corrected chi connectivity index (χ3v) is 3.27. The van der Waals surface area contributed by atoms with Crippen LogP contribution in [0, 0.1) is 0 Å². The van der Waals surface area contributed by atoms with Crippen LogP contribution < -0.4 is 0 Å². The molecule has 17 heavy (non-hydrogen) atoms. The van der Waals surface area contributed by atoms with E-state index in [4.69, 9.17) is 0 Å². The Morgan fingerprint density at radius 2 is 2.41 bits per heavy atom. The molecule has 0 saturated heterocycles. The van der Waals surface area contributed by atoms with E-state index in [0.29, 0.717) is 12.2 Å². The van der Waals surface area contributed by atoms with Gasteiger partial charge in [-0.1, -0.05) is 11.3 Å². The normalized spacial score (nSPS) is 10.8. The molecule has 0 aromatic carbocycles. The van der Waals surface area contributed by atoms with Crippen LogP contribution in [0.15, 0.2) is 29.9 Å². The van der Waals surface area contributed by atoms with Crippen LogP contribution in [0.1, 0.15) is 16.5 Å². The molecule has 3 rings (SSSR count). The van der Waals surface area contributed by atoms with E-state index in [1.54, 1.807) is 17.5 Å². The molecule has 0 aliphatic heterocycles. The second-order valence-electron chi connectivity index (χ2n) is 3.56. The Bertz CT molecular complexity index is 517. The van der Waals surface area contributed by atoms with E-state index in [2.05, 4.69) is 47.7 Å². The van der Waals surface area contributed by atoms with E-state index in [9.17, 15) is 0 Å². The molecule has 3 aromatic rings. The number of aromatic amines is 1. The first-order valence-corrected chi connectivity index (χ1v) is 6.04.